The number of anilines is 1. The Bertz CT molecular complexity index is 988. The third-order valence-corrected chi connectivity index (χ3v) is 4.63. The topological polar surface area (TPSA) is 59.2 Å². The van der Waals surface area contributed by atoms with Crippen LogP contribution in [0.15, 0.2) is 47.0 Å². The van der Waals surface area contributed by atoms with E-state index in [0.717, 1.165) is 5.56 Å². The second-order valence-electron chi connectivity index (χ2n) is 6.33. The minimum Gasteiger partial charge on any atom is -0.334 e. The molecule has 1 aliphatic heterocycles. The van der Waals surface area contributed by atoms with Crippen molar-refractivity contribution in [3.63, 3.8) is 0 Å². The first kappa shape index (κ1) is 16.7. The first-order chi connectivity index (χ1) is 12.5. The van der Waals surface area contributed by atoms with Gasteiger partial charge in [0.05, 0.1) is 5.69 Å². The van der Waals surface area contributed by atoms with Crippen LogP contribution in [-0.4, -0.2) is 22.6 Å². The van der Waals surface area contributed by atoms with E-state index in [1.807, 2.05) is 13.0 Å². The quantitative estimate of drug-likeness (QED) is 0.686. The predicted octanol–water partition coefficient (Wildman–Crippen LogP) is 4.36. The summed E-state index contributed by atoms with van der Waals surface area (Å²) in [4.78, 5) is 18.2. The number of carbonyl (C=O) groups excluding carboxylic acids is 1. The van der Waals surface area contributed by atoms with E-state index in [2.05, 4.69) is 10.1 Å². The molecule has 1 atom stereocenters. The monoisotopic (exact) mass is 371 g/mol. The van der Waals surface area contributed by atoms with E-state index in [1.54, 1.807) is 30.3 Å². The minimum absolute atomic E-state index is 0.159. The van der Waals surface area contributed by atoms with E-state index >= 15 is 0 Å². The maximum Gasteiger partial charge on any atom is 0.257 e. The number of carbonyl (C=O) groups is 1. The van der Waals surface area contributed by atoms with Gasteiger partial charge in [0.2, 0.25) is 5.91 Å². The summed E-state index contributed by atoms with van der Waals surface area (Å²) in [5.41, 5.74) is 1.89. The van der Waals surface area contributed by atoms with Gasteiger partial charge in [0.1, 0.15) is 5.82 Å². The van der Waals surface area contributed by atoms with Gasteiger partial charge in [0.25, 0.3) is 5.89 Å². The number of rotatable bonds is 3. The van der Waals surface area contributed by atoms with Crippen molar-refractivity contribution in [2.45, 2.75) is 19.3 Å². The minimum atomic E-state index is -0.419. The van der Waals surface area contributed by atoms with E-state index in [4.69, 9.17) is 16.1 Å². The molecule has 1 aromatic heterocycles. The van der Waals surface area contributed by atoms with Crippen molar-refractivity contribution < 1.29 is 13.7 Å². The second-order valence-corrected chi connectivity index (χ2v) is 6.76. The van der Waals surface area contributed by atoms with Crippen LogP contribution in [0.4, 0.5) is 10.1 Å². The SMILES string of the molecule is Cc1ccc(F)c(N2CC(c3noc(-c4cccc(Cl)c4)n3)CC2=O)c1. The van der Waals surface area contributed by atoms with Crippen molar-refractivity contribution in [3.8, 4) is 11.5 Å². The summed E-state index contributed by atoms with van der Waals surface area (Å²) in [7, 11) is 0. The van der Waals surface area contributed by atoms with Gasteiger partial charge in [0, 0.05) is 29.5 Å². The molecule has 0 radical (unpaired) electrons. The molecule has 0 N–H and O–H groups in total. The summed E-state index contributed by atoms with van der Waals surface area (Å²) in [6.45, 7) is 2.17. The fourth-order valence-corrected chi connectivity index (χ4v) is 3.27. The summed E-state index contributed by atoms with van der Waals surface area (Å²) in [6, 6.07) is 11.8. The van der Waals surface area contributed by atoms with Gasteiger partial charge in [-0.3, -0.25) is 4.79 Å². The van der Waals surface area contributed by atoms with E-state index in [9.17, 15) is 9.18 Å². The van der Waals surface area contributed by atoms with E-state index in [1.165, 1.54) is 11.0 Å². The average molecular weight is 372 g/mol. The van der Waals surface area contributed by atoms with Crippen LogP contribution in [0.5, 0.6) is 0 Å². The molecule has 1 saturated heterocycles. The maximum atomic E-state index is 14.1. The lowest BCUT2D eigenvalue weighted by Gasteiger charge is -2.17. The van der Waals surface area contributed by atoms with Crippen molar-refractivity contribution in [3.05, 3.63) is 64.7 Å². The Morgan fingerprint density at radius 2 is 2.12 bits per heavy atom. The second kappa shape index (κ2) is 6.53. The van der Waals surface area contributed by atoms with Gasteiger partial charge in [-0.15, -0.1) is 0 Å². The number of hydrogen-bond acceptors (Lipinski definition) is 4. The fourth-order valence-electron chi connectivity index (χ4n) is 3.08. The summed E-state index contributed by atoms with van der Waals surface area (Å²) in [5, 5.41) is 4.57. The molecule has 3 aromatic rings. The molecule has 5 nitrogen and oxygen atoms in total. The van der Waals surface area contributed by atoms with Gasteiger partial charge in [-0.2, -0.15) is 4.98 Å². The number of benzene rings is 2. The smallest absolute Gasteiger partial charge is 0.257 e. The van der Waals surface area contributed by atoms with Crippen LogP contribution in [-0.2, 0) is 4.79 Å². The standard InChI is InChI=1S/C19H15ClFN3O2/c1-11-5-6-15(21)16(7-11)24-10-13(9-17(24)25)18-22-19(26-23-18)12-3-2-4-14(20)8-12/h2-8,13H,9-10H2,1H3. The summed E-state index contributed by atoms with van der Waals surface area (Å²) in [5.74, 6) is -0.0518. The molecule has 4 rings (SSSR count). The molecular formula is C19H15ClFN3O2. The van der Waals surface area contributed by atoms with Crippen LogP contribution in [0, 0.1) is 12.7 Å². The summed E-state index contributed by atoms with van der Waals surface area (Å²) in [6.07, 6.45) is 0.210. The molecule has 2 aromatic carbocycles. The fraction of sp³-hybridized carbons (Fsp3) is 0.211. The number of hydrogen-bond donors (Lipinski definition) is 0. The van der Waals surface area contributed by atoms with Crippen LogP contribution >= 0.6 is 11.6 Å². The van der Waals surface area contributed by atoms with Crippen LogP contribution in [0.25, 0.3) is 11.5 Å². The Morgan fingerprint density at radius 1 is 1.27 bits per heavy atom. The molecule has 0 saturated carbocycles. The average Bonchev–Trinajstić information content (AvgIpc) is 3.24. The van der Waals surface area contributed by atoms with E-state index in [0.29, 0.717) is 28.8 Å². The molecule has 26 heavy (non-hydrogen) atoms. The molecule has 0 bridgehead atoms. The van der Waals surface area contributed by atoms with Crippen LogP contribution in [0.3, 0.4) is 0 Å². The van der Waals surface area contributed by atoms with Gasteiger partial charge in [-0.1, -0.05) is 28.9 Å². The van der Waals surface area contributed by atoms with Gasteiger partial charge in [0.15, 0.2) is 5.82 Å². The lowest BCUT2D eigenvalue weighted by atomic mass is 10.1. The zero-order chi connectivity index (χ0) is 18.3. The Labute approximate surface area is 154 Å². The Kier molecular flexibility index (Phi) is 4.20. The third-order valence-electron chi connectivity index (χ3n) is 4.40. The first-order valence-corrected chi connectivity index (χ1v) is 8.55. The highest BCUT2D eigenvalue weighted by Crippen LogP contribution is 2.33. The van der Waals surface area contributed by atoms with Crippen molar-refractivity contribution >= 4 is 23.2 Å². The highest BCUT2D eigenvalue weighted by molar-refractivity contribution is 6.30. The molecular weight excluding hydrogens is 357 g/mol. The molecule has 2 heterocycles. The van der Waals surface area contributed by atoms with Crippen molar-refractivity contribution in [1.82, 2.24) is 10.1 Å². The lowest BCUT2D eigenvalue weighted by molar-refractivity contribution is -0.117. The number of aromatic nitrogens is 2. The van der Waals surface area contributed by atoms with Crippen molar-refractivity contribution in [1.29, 1.82) is 0 Å². The zero-order valence-electron chi connectivity index (χ0n) is 13.9. The normalized spacial score (nSPS) is 17.1. The Balaban J connectivity index is 1.59. The number of halogens is 2. The van der Waals surface area contributed by atoms with Gasteiger partial charge < -0.3 is 9.42 Å². The van der Waals surface area contributed by atoms with Crippen LogP contribution < -0.4 is 4.90 Å². The van der Waals surface area contributed by atoms with Crippen LogP contribution in [0.1, 0.15) is 23.7 Å². The zero-order valence-corrected chi connectivity index (χ0v) is 14.7. The maximum absolute atomic E-state index is 14.1. The molecule has 1 fully saturated rings. The molecule has 1 amide bonds. The molecule has 0 spiro atoms. The summed E-state index contributed by atoms with van der Waals surface area (Å²) >= 11 is 5.99. The third kappa shape index (κ3) is 3.08. The van der Waals surface area contributed by atoms with Gasteiger partial charge in [-0.05, 0) is 42.8 Å². The van der Waals surface area contributed by atoms with E-state index in [-0.39, 0.29) is 23.9 Å². The number of amides is 1. The molecule has 0 aliphatic carbocycles. The number of aryl methyl sites for hydroxylation is 1. The van der Waals surface area contributed by atoms with E-state index < -0.39 is 5.82 Å². The van der Waals surface area contributed by atoms with Gasteiger partial charge >= 0.3 is 0 Å². The predicted molar refractivity (Wildman–Crippen MR) is 95.6 cm³/mol. The van der Waals surface area contributed by atoms with Gasteiger partial charge in [-0.25, -0.2) is 4.39 Å². The Morgan fingerprint density at radius 3 is 2.92 bits per heavy atom. The molecule has 7 heteroatoms. The largest absolute Gasteiger partial charge is 0.334 e. The molecule has 132 valence electrons. The Hall–Kier alpha value is -2.73. The van der Waals surface area contributed by atoms with Crippen molar-refractivity contribution in [2.75, 3.05) is 11.4 Å². The van der Waals surface area contributed by atoms with Crippen molar-refractivity contribution in [2.24, 2.45) is 0 Å². The van der Waals surface area contributed by atoms with Crippen LogP contribution in [0.2, 0.25) is 5.02 Å². The molecule has 1 unspecified atom stereocenters. The lowest BCUT2D eigenvalue weighted by Crippen LogP contribution is -2.25. The summed E-state index contributed by atoms with van der Waals surface area (Å²) < 4.78 is 19.4. The highest BCUT2D eigenvalue weighted by Gasteiger charge is 2.35. The number of nitrogens with zero attached hydrogens (tertiary/aromatic N) is 3. The highest BCUT2D eigenvalue weighted by atomic mass is 35.5. The molecule has 1 aliphatic rings. The first-order valence-electron chi connectivity index (χ1n) is 8.17.